The van der Waals surface area contributed by atoms with Crippen LogP contribution in [0.5, 0.6) is 0 Å². The molecule has 0 aromatic heterocycles. The maximum Gasteiger partial charge on any atom is 0.0692 e. The van der Waals surface area contributed by atoms with Gasteiger partial charge in [-0.15, -0.1) is 0 Å². The molecule has 2 rings (SSSR count). The molecular weight excluding hydrogens is 298 g/mol. The van der Waals surface area contributed by atoms with Gasteiger partial charge in [0.1, 0.15) is 0 Å². The number of halogens is 1. The second kappa shape index (κ2) is 5.21. The summed E-state index contributed by atoms with van der Waals surface area (Å²) in [6, 6.07) is 6.20. The standard InChI is InChI=1S/C13H18BrNOS/c1-13(2)9-15(5-6-17-13)11-4-3-10(8-16)12(14)7-11/h3-4,7,16H,5-6,8-9H2,1-2H3. The van der Waals surface area contributed by atoms with Crippen molar-refractivity contribution in [2.45, 2.75) is 25.2 Å². The fraction of sp³-hybridized carbons (Fsp3) is 0.538. The van der Waals surface area contributed by atoms with Gasteiger partial charge in [-0.3, -0.25) is 0 Å². The number of hydrogen-bond donors (Lipinski definition) is 1. The van der Waals surface area contributed by atoms with Crippen molar-refractivity contribution in [3.8, 4) is 0 Å². The van der Waals surface area contributed by atoms with Crippen molar-refractivity contribution in [3.05, 3.63) is 28.2 Å². The van der Waals surface area contributed by atoms with E-state index in [1.807, 2.05) is 17.8 Å². The molecule has 0 aliphatic carbocycles. The SMILES string of the molecule is CC1(C)CN(c2ccc(CO)c(Br)c2)CCS1. The van der Waals surface area contributed by atoms with Crippen LogP contribution in [0.2, 0.25) is 0 Å². The molecule has 1 aromatic carbocycles. The van der Waals surface area contributed by atoms with Crippen LogP contribution in [0, 0.1) is 0 Å². The van der Waals surface area contributed by atoms with Gasteiger partial charge in [0, 0.05) is 33.7 Å². The van der Waals surface area contributed by atoms with Crippen molar-refractivity contribution in [2.75, 3.05) is 23.7 Å². The first-order chi connectivity index (χ1) is 8.02. The van der Waals surface area contributed by atoms with Crippen LogP contribution in [0.15, 0.2) is 22.7 Å². The zero-order valence-corrected chi connectivity index (χ0v) is 12.6. The Kier molecular flexibility index (Phi) is 4.06. The summed E-state index contributed by atoms with van der Waals surface area (Å²) in [6.45, 7) is 6.84. The van der Waals surface area contributed by atoms with Crippen molar-refractivity contribution in [3.63, 3.8) is 0 Å². The largest absolute Gasteiger partial charge is 0.392 e. The zero-order valence-electron chi connectivity index (χ0n) is 10.2. The first kappa shape index (κ1) is 13.2. The van der Waals surface area contributed by atoms with Crippen LogP contribution in [0.4, 0.5) is 5.69 Å². The number of nitrogens with zero attached hydrogens (tertiary/aromatic N) is 1. The summed E-state index contributed by atoms with van der Waals surface area (Å²) < 4.78 is 1.31. The molecule has 1 aliphatic heterocycles. The highest BCUT2D eigenvalue weighted by Gasteiger charge is 2.27. The van der Waals surface area contributed by atoms with Gasteiger partial charge >= 0.3 is 0 Å². The summed E-state index contributed by atoms with van der Waals surface area (Å²) in [5, 5.41) is 9.16. The van der Waals surface area contributed by atoms with Crippen molar-refractivity contribution in [2.24, 2.45) is 0 Å². The summed E-state index contributed by atoms with van der Waals surface area (Å²) in [4.78, 5) is 2.42. The molecule has 0 amide bonds. The van der Waals surface area contributed by atoms with Gasteiger partial charge in [-0.05, 0) is 31.5 Å². The molecule has 1 aromatic rings. The molecule has 4 heteroatoms. The molecule has 0 unspecified atom stereocenters. The summed E-state index contributed by atoms with van der Waals surface area (Å²) in [7, 11) is 0. The fourth-order valence-corrected chi connectivity index (χ4v) is 3.70. The van der Waals surface area contributed by atoms with Crippen LogP contribution >= 0.6 is 27.7 Å². The Hall–Kier alpha value is -0.190. The van der Waals surface area contributed by atoms with E-state index in [0.29, 0.717) is 4.75 Å². The van der Waals surface area contributed by atoms with Crippen molar-refractivity contribution in [1.82, 2.24) is 0 Å². The number of rotatable bonds is 2. The highest BCUT2D eigenvalue weighted by atomic mass is 79.9. The van der Waals surface area contributed by atoms with Gasteiger partial charge in [-0.1, -0.05) is 22.0 Å². The molecule has 0 bridgehead atoms. The van der Waals surface area contributed by atoms with E-state index in [1.165, 1.54) is 11.4 Å². The number of aliphatic hydroxyl groups is 1. The summed E-state index contributed by atoms with van der Waals surface area (Å²) in [5.74, 6) is 1.17. The Balaban J connectivity index is 2.19. The molecule has 0 atom stereocenters. The van der Waals surface area contributed by atoms with Crippen molar-refractivity contribution in [1.29, 1.82) is 0 Å². The third kappa shape index (κ3) is 3.18. The number of aliphatic hydroxyl groups excluding tert-OH is 1. The Morgan fingerprint density at radius 3 is 2.82 bits per heavy atom. The highest BCUT2D eigenvalue weighted by molar-refractivity contribution is 9.10. The third-order valence-corrected chi connectivity index (χ3v) is 5.03. The van der Waals surface area contributed by atoms with Crippen LogP contribution in [-0.4, -0.2) is 28.7 Å². The van der Waals surface area contributed by atoms with E-state index in [9.17, 15) is 0 Å². The van der Waals surface area contributed by atoms with Crippen LogP contribution in [0.1, 0.15) is 19.4 Å². The minimum atomic E-state index is 0.0855. The Morgan fingerprint density at radius 1 is 1.47 bits per heavy atom. The zero-order chi connectivity index (χ0) is 12.5. The molecule has 0 radical (unpaired) electrons. The summed E-state index contributed by atoms with van der Waals surface area (Å²) in [6.07, 6.45) is 0. The van der Waals surface area contributed by atoms with Crippen LogP contribution < -0.4 is 4.90 Å². The Bertz CT molecular complexity index is 408. The van der Waals surface area contributed by atoms with E-state index in [-0.39, 0.29) is 6.61 Å². The first-order valence-electron chi connectivity index (χ1n) is 5.80. The van der Waals surface area contributed by atoms with Crippen LogP contribution in [-0.2, 0) is 6.61 Å². The quantitative estimate of drug-likeness (QED) is 0.906. The molecule has 1 N–H and O–H groups in total. The predicted octanol–water partition coefficient (Wildman–Crippen LogP) is 3.27. The van der Waals surface area contributed by atoms with Gasteiger partial charge in [0.05, 0.1) is 6.61 Å². The number of anilines is 1. The molecule has 0 saturated carbocycles. The predicted molar refractivity (Wildman–Crippen MR) is 78.8 cm³/mol. The molecule has 1 heterocycles. The van der Waals surface area contributed by atoms with E-state index in [4.69, 9.17) is 5.11 Å². The molecule has 94 valence electrons. The normalized spacial score (nSPS) is 19.4. The lowest BCUT2D eigenvalue weighted by atomic mass is 10.1. The molecule has 0 spiro atoms. The fourth-order valence-electron chi connectivity index (χ4n) is 2.10. The lowest BCUT2D eigenvalue weighted by Crippen LogP contribution is -2.43. The third-order valence-electron chi connectivity index (χ3n) is 3.00. The lowest BCUT2D eigenvalue weighted by molar-refractivity contribution is 0.281. The molecule has 1 aliphatic rings. The summed E-state index contributed by atoms with van der Waals surface area (Å²) >= 11 is 5.55. The smallest absolute Gasteiger partial charge is 0.0692 e. The number of benzene rings is 1. The average Bonchev–Trinajstić information content (AvgIpc) is 2.27. The molecule has 1 fully saturated rings. The van der Waals surface area contributed by atoms with Gasteiger partial charge < -0.3 is 10.0 Å². The van der Waals surface area contributed by atoms with Crippen LogP contribution in [0.3, 0.4) is 0 Å². The van der Waals surface area contributed by atoms with E-state index < -0.39 is 0 Å². The number of thioether (sulfide) groups is 1. The second-order valence-electron chi connectivity index (χ2n) is 4.96. The Morgan fingerprint density at radius 2 is 2.24 bits per heavy atom. The monoisotopic (exact) mass is 315 g/mol. The van der Waals surface area contributed by atoms with Gasteiger partial charge in [-0.25, -0.2) is 0 Å². The number of hydrogen-bond acceptors (Lipinski definition) is 3. The average molecular weight is 316 g/mol. The highest BCUT2D eigenvalue weighted by Crippen LogP contribution is 2.33. The molecule has 1 saturated heterocycles. The summed E-state index contributed by atoms with van der Waals surface area (Å²) in [5.41, 5.74) is 2.18. The van der Waals surface area contributed by atoms with Gasteiger partial charge in [0.15, 0.2) is 0 Å². The van der Waals surface area contributed by atoms with Crippen molar-refractivity contribution < 1.29 is 5.11 Å². The van der Waals surface area contributed by atoms with Gasteiger partial charge in [0.2, 0.25) is 0 Å². The van der Waals surface area contributed by atoms with E-state index in [0.717, 1.165) is 23.1 Å². The van der Waals surface area contributed by atoms with Crippen LogP contribution in [0.25, 0.3) is 0 Å². The Labute approximate surface area is 116 Å². The minimum Gasteiger partial charge on any atom is -0.392 e. The molecule has 17 heavy (non-hydrogen) atoms. The van der Waals surface area contributed by atoms with E-state index >= 15 is 0 Å². The van der Waals surface area contributed by atoms with Crippen molar-refractivity contribution >= 4 is 33.4 Å². The minimum absolute atomic E-state index is 0.0855. The topological polar surface area (TPSA) is 23.5 Å². The maximum absolute atomic E-state index is 9.16. The second-order valence-corrected chi connectivity index (χ2v) is 7.62. The molecule has 2 nitrogen and oxygen atoms in total. The molecular formula is C13H18BrNOS. The lowest BCUT2D eigenvalue weighted by Gasteiger charge is -2.39. The van der Waals surface area contributed by atoms with Gasteiger partial charge in [0.25, 0.3) is 0 Å². The first-order valence-corrected chi connectivity index (χ1v) is 7.58. The van der Waals surface area contributed by atoms with E-state index in [1.54, 1.807) is 0 Å². The van der Waals surface area contributed by atoms with E-state index in [2.05, 4.69) is 46.8 Å². The van der Waals surface area contributed by atoms with Gasteiger partial charge in [-0.2, -0.15) is 11.8 Å². The maximum atomic E-state index is 9.16.